The van der Waals surface area contributed by atoms with Crippen molar-refractivity contribution in [3.05, 3.63) is 11.6 Å². The fraction of sp³-hybridized carbons (Fsp3) is 0.750. The Bertz CT molecular complexity index is 296. The normalized spacial score (nSPS) is 30.5. The summed E-state index contributed by atoms with van der Waals surface area (Å²) in [4.78, 5) is 14.1. The lowest BCUT2D eigenvalue weighted by atomic mass is 10.00. The summed E-state index contributed by atoms with van der Waals surface area (Å²) < 4.78 is 4.83. The van der Waals surface area contributed by atoms with Gasteiger partial charge in [-0.2, -0.15) is 0 Å². The minimum Gasteiger partial charge on any atom is -0.466 e. The number of ether oxygens (including phenoxy) is 1. The molecule has 1 saturated heterocycles. The molecule has 0 amide bonds. The van der Waals surface area contributed by atoms with Crippen LogP contribution in [0.25, 0.3) is 0 Å². The van der Waals surface area contributed by atoms with E-state index < -0.39 is 0 Å². The maximum absolute atomic E-state index is 11.6. The van der Waals surface area contributed by atoms with Crippen molar-refractivity contribution in [2.45, 2.75) is 51.2 Å². The van der Waals surface area contributed by atoms with Crippen LogP contribution >= 0.6 is 0 Å². The molecular formula is C12H19NO2. The molecule has 0 radical (unpaired) electrons. The smallest absolute Gasteiger partial charge is 0.335 e. The van der Waals surface area contributed by atoms with Gasteiger partial charge in [-0.25, -0.2) is 4.79 Å². The van der Waals surface area contributed by atoms with Crippen molar-refractivity contribution in [2.24, 2.45) is 0 Å². The van der Waals surface area contributed by atoms with Gasteiger partial charge in [0, 0.05) is 18.1 Å². The second-order valence-corrected chi connectivity index (χ2v) is 4.67. The molecule has 0 aromatic carbocycles. The number of methoxy groups -OCH3 is 1. The summed E-state index contributed by atoms with van der Waals surface area (Å²) in [6.45, 7) is 4.40. The van der Waals surface area contributed by atoms with Crippen molar-refractivity contribution < 1.29 is 9.53 Å². The Morgan fingerprint density at radius 2 is 2.27 bits per heavy atom. The maximum atomic E-state index is 11.6. The average molecular weight is 209 g/mol. The van der Waals surface area contributed by atoms with Crippen LogP contribution in [0.2, 0.25) is 0 Å². The van der Waals surface area contributed by atoms with E-state index in [-0.39, 0.29) is 5.97 Å². The summed E-state index contributed by atoms with van der Waals surface area (Å²) >= 11 is 0. The van der Waals surface area contributed by atoms with Crippen LogP contribution in [0.15, 0.2) is 11.6 Å². The highest BCUT2D eigenvalue weighted by Gasteiger charge is 2.41. The molecule has 2 aliphatic rings. The van der Waals surface area contributed by atoms with Gasteiger partial charge in [0.25, 0.3) is 0 Å². The molecule has 2 heterocycles. The number of fused-ring (bicyclic) bond motifs is 2. The van der Waals surface area contributed by atoms with E-state index >= 15 is 0 Å². The zero-order chi connectivity index (χ0) is 11.0. The highest BCUT2D eigenvalue weighted by atomic mass is 16.5. The predicted molar refractivity (Wildman–Crippen MR) is 58.5 cm³/mol. The molecule has 0 saturated carbocycles. The van der Waals surface area contributed by atoms with Crippen molar-refractivity contribution in [1.82, 2.24) is 4.90 Å². The molecule has 2 rings (SSSR count). The Morgan fingerprint density at radius 3 is 2.87 bits per heavy atom. The van der Waals surface area contributed by atoms with Gasteiger partial charge in [0.05, 0.1) is 12.7 Å². The van der Waals surface area contributed by atoms with Gasteiger partial charge in [0.15, 0.2) is 0 Å². The molecule has 2 atom stereocenters. The third-order valence-electron chi connectivity index (χ3n) is 3.54. The van der Waals surface area contributed by atoms with Crippen LogP contribution in [-0.2, 0) is 9.53 Å². The van der Waals surface area contributed by atoms with Crippen LogP contribution in [-0.4, -0.2) is 36.1 Å². The van der Waals surface area contributed by atoms with Gasteiger partial charge < -0.3 is 4.74 Å². The van der Waals surface area contributed by atoms with E-state index in [2.05, 4.69) is 24.8 Å². The summed E-state index contributed by atoms with van der Waals surface area (Å²) in [5.41, 5.74) is 0.875. The van der Waals surface area contributed by atoms with Crippen molar-refractivity contribution >= 4 is 5.97 Å². The Hall–Kier alpha value is -0.830. The first kappa shape index (κ1) is 10.7. The molecule has 0 aromatic heterocycles. The first-order valence-corrected chi connectivity index (χ1v) is 5.71. The van der Waals surface area contributed by atoms with Crippen molar-refractivity contribution in [1.29, 1.82) is 0 Å². The van der Waals surface area contributed by atoms with Gasteiger partial charge in [-0.1, -0.05) is 6.08 Å². The molecular weight excluding hydrogens is 190 g/mol. The Morgan fingerprint density at radius 1 is 1.53 bits per heavy atom. The van der Waals surface area contributed by atoms with Crippen molar-refractivity contribution in [2.75, 3.05) is 7.11 Å². The summed E-state index contributed by atoms with van der Waals surface area (Å²) in [6, 6.07) is 1.45. The van der Waals surface area contributed by atoms with E-state index in [1.54, 1.807) is 0 Å². The third-order valence-corrected chi connectivity index (χ3v) is 3.54. The van der Waals surface area contributed by atoms with Crippen molar-refractivity contribution in [3.8, 4) is 0 Å². The van der Waals surface area contributed by atoms with E-state index in [0.717, 1.165) is 18.4 Å². The first-order valence-electron chi connectivity index (χ1n) is 5.71. The van der Waals surface area contributed by atoms with Crippen LogP contribution in [0.1, 0.15) is 33.1 Å². The number of carbonyl (C=O) groups excluding carboxylic acids is 1. The molecule has 15 heavy (non-hydrogen) atoms. The van der Waals surface area contributed by atoms with Crippen LogP contribution in [0.5, 0.6) is 0 Å². The highest BCUT2D eigenvalue weighted by molar-refractivity contribution is 5.90. The molecule has 2 bridgehead atoms. The second-order valence-electron chi connectivity index (χ2n) is 4.67. The summed E-state index contributed by atoms with van der Waals surface area (Å²) in [6.07, 6.45) is 5.38. The Balaban J connectivity index is 2.23. The van der Waals surface area contributed by atoms with Crippen LogP contribution < -0.4 is 0 Å². The quantitative estimate of drug-likeness (QED) is 0.649. The summed E-state index contributed by atoms with van der Waals surface area (Å²) in [5, 5.41) is 0. The van der Waals surface area contributed by atoms with Gasteiger partial charge in [0.1, 0.15) is 0 Å². The fourth-order valence-electron chi connectivity index (χ4n) is 2.98. The number of esters is 1. The van der Waals surface area contributed by atoms with E-state index in [4.69, 9.17) is 4.74 Å². The standard InChI is InChI=1S/C12H19NO2/c1-8(2)13-9-4-6-10(12(14)15-3)11(13)7-5-9/h6,8-9,11H,4-5,7H2,1-3H3. The fourth-order valence-corrected chi connectivity index (χ4v) is 2.98. The van der Waals surface area contributed by atoms with Gasteiger partial charge in [-0.05, 0) is 33.1 Å². The molecule has 1 fully saturated rings. The van der Waals surface area contributed by atoms with Gasteiger partial charge in [0.2, 0.25) is 0 Å². The van der Waals surface area contributed by atoms with E-state index in [9.17, 15) is 4.79 Å². The van der Waals surface area contributed by atoms with E-state index in [1.807, 2.05) is 0 Å². The summed E-state index contributed by atoms with van der Waals surface area (Å²) in [5.74, 6) is -0.147. The summed E-state index contributed by atoms with van der Waals surface area (Å²) in [7, 11) is 1.46. The second kappa shape index (κ2) is 3.97. The number of hydrogen-bond acceptors (Lipinski definition) is 3. The largest absolute Gasteiger partial charge is 0.466 e. The molecule has 0 N–H and O–H groups in total. The van der Waals surface area contributed by atoms with E-state index in [0.29, 0.717) is 18.1 Å². The third kappa shape index (κ3) is 1.69. The Labute approximate surface area is 91.1 Å². The predicted octanol–water partition coefficient (Wildman–Crippen LogP) is 1.73. The van der Waals surface area contributed by atoms with Crippen molar-refractivity contribution in [3.63, 3.8) is 0 Å². The topological polar surface area (TPSA) is 29.5 Å². The van der Waals surface area contributed by atoms with Gasteiger partial charge >= 0.3 is 5.97 Å². The molecule has 84 valence electrons. The van der Waals surface area contributed by atoms with Gasteiger partial charge in [-0.15, -0.1) is 0 Å². The van der Waals surface area contributed by atoms with Gasteiger partial charge in [-0.3, -0.25) is 4.90 Å². The number of rotatable bonds is 2. The maximum Gasteiger partial charge on any atom is 0.335 e. The lowest BCUT2D eigenvalue weighted by molar-refractivity contribution is -0.137. The SMILES string of the molecule is COC(=O)C1=CCC2CCC1N2C(C)C. The lowest BCUT2D eigenvalue weighted by Gasteiger charge is -2.37. The lowest BCUT2D eigenvalue weighted by Crippen LogP contribution is -2.45. The molecule has 0 aliphatic carbocycles. The minimum absolute atomic E-state index is 0.147. The van der Waals surface area contributed by atoms with Crippen LogP contribution in [0, 0.1) is 0 Å². The molecule has 0 spiro atoms. The number of carbonyl (C=O) groups is 1. The number of nitrogens with zero attached hydrogens (tertiary/aromatic N) is 1. The highest BCUT2D eigenvalue weighted by Crippen LogP contribution is 2.37. The number of hydrogen-bond donors (Lipinski definition) is 0. The van der Waals surface area contributed by atoms with E-state index in [1.165, 1.54) is 13.5 Å². The molecule has 2 aliphatic heterocycles. The first-order chi connectivity index (χ1) is 7.15. The zero-order valence-corrected chi connectivity index (χ0v) is 9.69. The monoisotopic (exact) mass is 209 g/mol. The molecule has 2 unspecified atom stereocenters. The molecule has 0 aromatic rings. The zero-order valence-electron chi connectivity index (χ0n) is 9.69. The molecule has 3 heteroatoms. The minimum atomic E-state index is -0.147. The average Bonchev–Trinajstić information content (AvgIpc) is 2.52. The van der Waals surface area contributed by atoms with Crippen LogP contribution in [0.3, 0.4) is 0 Å². The van der Waals surface area contributed by atoms with Crippen LogP contribution in [0.4, 0.5) is 0 Å². The molecule has 3 nitrogen and oxygen atoms in total. The Kier molecular flexibility index (Phi) is 2.83.